The van der Waals surface area contributed by atoms with Gasteiger partial charge in [0.15, 0.2) is 5.82 Å². The second-order valence-corrected chi connectivity index (χ2v) is 6.31. The van der Waals surface area contributed by atoms with Crippen LogP contribution in [-0.4, -0.2) is 26.2 Å². The zero-order valence-corrected chi connectivity index (χ0v) is 12.1. The van der Waals surface area contributed by atoms with Crippen molar-refractivity contribution in [1.82, 2.24) is 20.1 Å². The van der Waals surface area contributed by atoms with E-state index in [0.717, 1.165) is 56.7 Å². The van der Waals surface area contributed by atoms with E-state index in [1.807, 2.05) is 6.92 Å². The Morgan fingerprint density at radius 2 is 2.30 bits per heavy atom. The zero-order valence-electron chi connectivity index (χ0n) is 12.1. The lowest BCUT2D eigenvalue weighted by atomic mass is 9.74. The van der Waals surface area contributed by atoms with E-state index in [1.165, 1.54) is 0 Å². The topological polar surface area (TPSA) is 85.8 Å². The number of aryl methyl sites for hydroxylation is 1. The average Bonchev–Trinajstić information content (AvgIpc) is 2.98. The minimum atomic E-state index is -0.380. The van der Waals surface area contributed by atoms with Crippen LogP contribution in [0.4, 0.5) is 0 Å². The monoisotopic (exact) mass is 277 g/mol. The number of carbonyl (C=O) groups is 1. The highest BCUT2D eigenvalue weighted by Gasteiger charge is 2.37. The molecule has 0 saturated heterocycles. The van der Waals surface area contributed by atoms with E-state index in [4.69, 9.17) is 5.73 Å². The fraction of sp³-hybridized carbons (Fsp3) is 0.786. The number of aromatic nitrogens is 3. The van der Waals surface area contributed by atoms with E-state index in [-0.39, 0.29) is 17.4 Å². The highest BCUT2D eigenvalue weighted by molar-refractivity contribution is 5.80. The van der Waals surface area contributed by atoms with Crippen molar-refractivity contribution >= 4 is 5.91 Å². The van der Waals surface area contributed by atoms with Crippen LogP contribution in [0.25, 0.3) is 0 Å². The zero-order chi connectivity index (χ0) is 14.2. The second-order valence-electron chi connectivity index (χ2n) is 6.31. The van der Waals surface area contributed by atoms with Crippen molar-refractivity contribution < 1.29 is 4.79 Å². The van der Waals surface area contributed by atoms with Crippen molar-refractivity contribution in [3.8, 4) is 0 Å². The van der Waals surface area contributed by atoms with Crippen LogP contribution < -0.4 is 11.1 Å². The number of nitrogens with two attached hydrogens (primary N) is 1. The molecule has 0 radical (unpaired) electrons. The van der Waals surface area contributed by atoms with Gasteiger partial charge in [0, 0.05) is 18.5 Å². The van der Waals surface area contributed by atoms with E-state index >= 15 is 0 Å². The first-order valence-electron chi connectivity index (χ1n) is 7.55. The molecule has 1 fully saturated rings. The molecule has 1 aliphatic carbocycles. The number of rotatable bonds is 3. The number of amides is 1. The van der Waals surface area contributed by atoms with Gasteiger partial charge >= 0.3 is 0 Å². The van der Waals surface area contributed by atoms with Crippen LogP contribution in [0.5, 0.6) is 0 Å². The Morgan fingerprint density at radius 1 is 1.45 bits per heavy atom. The van der Waals surface area contributed by atoms with Gasteiger partial charge < -0.3 is 15.6 Å². The third-order valence-corrected chi connectivity index (χ3v) is 4.68. The van der Waals surface area contributed by atoms with Gasteiger partial charge in [-0.15, -0.1) is 10.2 Å². The minimum Gasteiger partial charge on any atom is -0.348 e. The van der Waals surface area contributed by atoms with Gasteiger partial charge in [-0.25, -0.2) is 0 Å². The van der Waals surface area contributed by atoms with Crippen LogP contribution in [0, 0.1) is 5.92 Å². The Balaban J connectivity index is 1.61. The maximum atomic E-state index is 12.4. The summed E-state index contributed by atoms with van der Waals surface area (Å²) in [4.78, 5) is 12.4. The molecule has 2 aliphatic rings. The van der Waals surface area contributed by atoms with Crippen LogP contribution in [0.3, 0.4) is 0 Å². The van der Waals surface area contributed by atoms with E-state index in [9.17, 15) is 4.79 Å². The van der Waals surface area contributed by atoms with Crippen molar-refractivity contribution in [1.29, 1.82) is 0 Å². The third-order valence-electron chi connectivity index (χ3n) is 4.68. The summed E-state index contributed by atoms with van der Waals surface area (Å²) in [6.07, 6.45) is 6.13. The Kier molecular flexibility index (Phi) is 3.50. The fourth-order valence-electron chi connectivity index (χ4n) is 3.42. The molecule has 1 aromatic rings. The lowest BCUT2D eigenvalue weighted by Crippen LogP contribution is -2.52. The molecule has 2 atom stereocenters. The maximum Gasteiger partial charge on any atom is 0.225 e. The Morgan fingerprint density at radius 3 is 3.10 bits per heavy atom. The predicted octanol–water partition coefficient (Wildman–Crippen LogP) is 0.748. The molecular weight excluding hydrogens is 254 g/mol. The summed E-state index contributed by atoms with van der Waals surface area (Å²) in [6.45, 7) is 3.41. The minimum absolute atomic E-state index is 0.0602. The first kappa shape index (κ1) is 13.5. The van der Waals surface area contributed by atoms with Crippen LogP contribution in [0.1, 0.15) is 50.7 Å². The Hall–Kier alpha value is -1.43. The van der Waals surface area contributed by atoms with Gasteiger partial charge in [-0.05, 0) is 26.2 Å². The molecule has 6 nitrogen and oxygen atoms in total. The summed E-state index contributed by atoms with van der Waals surface area (Å²) in [5, 5.41) is 11.3. The summed E-state index contributed by atoms with van der Waals surface area (Å²) >= 11 is 0. The van der Waals surface area contributed by atoms with E-state index in [2.05, 4.69) is 20.1 Å². The van der Waals surface area contributed by atoms with Crippen LogP contribution in [-0.2, 0) is 24.3 Å². The molecule has 0 aromatic carbocycles. The molecule has 2 unspecified atom stereocenters. The van der Waals surface area contributed by atoms with Crippen LogP contribution >= 0.6 is 0 Å². The molecule has 3 rings (SSSR count). The standard InChI is InChI=1S/C14H23N5O/c1-14(15)7-3-2-5-10(14)13(20)16-9-12-18-17-11-6-4-8-19(11)12/h10H,2-9,15H2,1H3,(H,16,20). The summed E-state index contributed by atoms with van der Waals surface area (Å²) in [5.41, 5.74) is 5.89. The smallest absolute Gasteiger partial charge is 0.225 e. The van der Waals surface area contributed by atoms with Gasteiger partial charge in [-0.2, -0.15) is 0 Å². The molecule has 0 bridgehead atoms. The molecular formula is C14H23N5O. The van der Waals surface area contributed by atoms with Crippen molar-refractivity contribution in [2.75, 3.05) is 0 Å². The molecule has 3 N–H and O–H groups in total. The molecule has 1 aliphatic heterocycles. The largest absolute Gasteiger partial charge is 0.348 e. The number of carbonyl (C=O) groups excluding carboxylic acids is 1. The number of nitrogens with zero attached hydrogens (tertiary/aromatic N) is 3. The molecule has 110 valence electrons. The quantitative estimate of drug-likeness (QED) is 0.853. The van der Waals surface area contributed by atoms with E-state index in [1.54, 1.807) is 0 Å². The maximum absolute atomic E-state index is 12.4. The van der Waals surface area contributed by atoms with Gasteiger partial charge in [0.05, 0.1) is 12.5 Å². The first-order valence-corrected chi connectivity index (χ1v) is 7.55. The van der Waals surface area contributed by atoms with Crippen molar-refractivity contribution in [2.45, 2.75) is 64.1 Å². The first-order chi connectivity index (χ1) is 9.58. The SMILES string of the molecule is CC1(N)CCCCC1C(=O)NCc1nnc2n1CCC2. The van der Waals surface area contributed by atoms with Gasteiger partial charge in [0.2, 0.25) is 5.91 Å². The van der Waals surface area contributed by atoms with E-state index < -0.39 is 0 Å². The second kappa shape index (κ2) is 5.16. The van der Waals surface area contributed by atoms with Crippen LogP contribution in [0.15, 0.2) is 0 Å². The van der Waals surface area contributed by atoms with Gasteiger partial charge in [-0.3, -0.25) is 4.79 Å². The third kappa shape index (κ3) is 2.44. The van der Waals surface area contributed by atoms with Crippen molar-refractivity contribution in [3.63, 3.8) is 0 Å². The Labute approximate surface area is 119 Å². The Bertz CT molecular complexity index is 508. The number of fused-ring (bicyclic) bond motifs is 1. The van der Waals surface area contributed by atoms with Crippen molar-refractivity contribution in [2.24, 2.45) is 11.7 Å². The summed E-state index contributed by atoms with van der Waals surface area (Å²) in [7, 11) is 0. The summed E-state index contributed by atoms with van der Waals surface area (Å²) in [6, 6.07) is 0. The normalized spacial score (nSPS) is 29.2. The van der Waals surface area contributed by atoms with Crippen molar-refractivity contribution in [3.05, 3.63) is 11.6 Å². The molecule has 1 aromatic heterocycles. The van der Waals surface area contributed by atoms with E-state index in [0.29, 0.717) is 6.54 Å². The predicted molar refractivity (Wildman–Crippen MR) is 74.7 cm³/mol. The van der Waals surface area contributed by atoms with Crippen LogP contribution in [0.2, 0.25) is 0 Å². The average molecular weight is 277 g/mol. The number of nitrogens with one attached hydrogen (secondary N) is 1. The van der Waals surface area contributed by atoms with Gasteiger partial charge in [0.25, 0.3) is 0 Å². The number of hydrogen-bond acceptors (Lipinski definition) is 4. The summed E-state index contributed by atoms with van der Waals surface area (Å²) < 4.78 is 2.11. The van der Waals surface area contributed by atoms with Gasteiger partial charge in [-0.1, -0.05) is 12.8 Å². The highest BCUT2D eigenvalue weighted by atomic mass is 16.1. The molecule has 1 saturated carbocycles. The molecule has 20 heavy (non-hydrogen) atoms. The number of hydrogen-bond donors (Lipinski definition) is 2. The molecule has 1 amide bonds. The van der Waals surface area contributed by atoms with Gasteiger partial charge in [0.1, 0.15) is 5.82 Å². The molecule has 6 heteroatoms. The lowest BCUT2D eigenvalue weighted by molar-refractivity contribution is -0.128. The fourth-order valence-corrected chi connectivity index (χ4v) is 3.42. The molecule has 0 spiro atoms. The lowest BCUT2D eigenvalue weighted by Gasteiger charge is -2.37. The highest BCUT2D eigenvalue weighted by Crippen LogP contribution is 2.31. The molecule has 2 heterocycles. The summed E-state index contributed by atoms with van der Waals surface area (Å²) in [5.74, 6) is 1.87.